The molecular formula is C41H55Hf. The van der Waals surface area contributed by atoms with Crippen LogP contribution in [0.25, 0.3) is 11.1 Å². The average molecular weight is 726 g/mol. The molecule has 0 fully saturated rings. The van der Waals surface area contributed by atoms with Gasteiger partial charge in [0.2, 0.25) is 0 Å². The summed E-state index contributed by atoms with van der Waals surface area (Å²) in [6.45, 7) is 16.5. The first-order valence-corrected chi connectivity index (χ1v) is 32.5. The first-order valence-electron chi connectivity index (χ1n) is 16.6. The van der Waals surface area contributed by atoms with Gasteiger partial charge in [0, 0.05) is 0 Å². The van der Waals surface area contributed by atoms with E-state index in [2.05, 4.69) is 153 Å². The Morgan fingerprint density at radius 1 is 0.667 bits per heavy atom. The van der Waals surface area contributed by atoms with E-state index in [1.54, 1.807) is 11.1 Å². The summed E-state index contributed by atoms with van der Waals surface area (Å²) in [4.78, 5) is 0. The fourth-order valence-corrected chi connectivity index (χ4v) is 41.6. The Hall–Kier alpha value is -2.12. The molecule has 0 saturated carbocycles. The first-order chi connectivity index (χ1) is 19.6. The van der Waals surface area contributed by atoms with Gasteiger partial charge in [0.1, 0.15) is 0 Å². The van der Waals surface area contributed by atoms with E-state index in [1.165, 1.54) is 57.7 Å². The van der Waals surface area contributed by atoms with E-state index in [1.807, 2.05) is 0 Å². The van der Waals surface area contributed by atoms with Crippen LogP contribution in [0, 0.1) is 0 Å². The van der Waals surface area contributed by atoms with Crippen molar-refractivity contribution in [1.82, 2.24) is 0 Å². The number of allylic oxidation sites excluding steroid dienone is 4. The molecule has 42 heavy (non-hydrogen) atoms. The second-order valence-corrected chi connectivity index (χ2v) is 53.7. The third-order valence-corrected chi connectivity index (χ3v) is 45.4. The molecule has 223 valence electrons. The van der Waals surface area contributed by atoms with E-state index in [9.17, 15) is 0 Å². The maximum absolute atomic E-state index is 4.80. The van der Waals surface area contributed by atoms with Gasteiger partial charge in [0.15, 0.2) is 0 Å². The number of rotatable bonds is 8. The van der Waals surface area contributed by atoms with E-state index in [4.69, 9.17) is 0 Å². The summed E-state index contributed by atoms with van der Waals surface area (Å²) in [6.07, 6.45) is 15.0. The Morgan fingerprint density at radius 3 is 1.67 bits per heavy atom. The van der Waals surface area contributed by atoms with E-state index < -0.39 is 16.5 Å². The van der Waals surface area contributed by atoms with Gasteiger partial charge in [0.25, 0.3) is 0 Å². The van der Waals surface area contributed by atoms with Gasteiger partial charge in [0.05, 0.1) is 0 Å². The van der Waals surface area contributed by atoms with Crippen LogP contribution >= 0.6 is 0 Å². The molecule has 0 bridgehead atoms. The summed E-state index contributed by atoms with van der Waals surface area (Å²) in [5.41, 5.74) is 10.6. The Balaban J connectivity index is 1.95. The molecule has 0 radical (unpaired) electrons. The molecule has 0 N–H and O–H groups in total. The van der Waals surface area contributed by atoms with Crippen molar-refractivity contribution in [2.45, 2.75) is 106 Å². The van der Waals surface area contributed by atoms with Gasteiger partial charge >= 0.3 is 256 Å². The van der Waals surface area contributed by atoms with Gasteiger partial charge in [-0.15, -0.1) is 0 Å². The molecule has 0 aromatic heterocycles. The van der Waals surface area contributed by atoms with Crippen molar-refractivity contribution in [2.75, 3.05) is 0 Å². The number of hydrogen-bond acceptors (Lipinski definition) is 0. The zero-order chi connectivity index (χ0) is 30.5. The molecule has 2 aliphatic carbocycles. The Morgan fingerprint density at radius 2 is 1.19 bits per heavy atom. The Kier molecular flexibility index (Phi) is 7.83. The van der Waals surface area contributed by atoms with Crippen LogP contribution in [-0.4, -0.2) is 3.76 Å². The zero-order valence-corrected chi connectivity index (χ0v) is 31.5. The van der Waals surface area contributed by atoms with E-state index >= 15 is 0 Å². The van der Waals surface area contributed by atoms with Gasteiger partial charge in [-0.1, -0.05) is 0 Å². The standard InChI is InChI=1S/C21H25.C7H6.C6H13.C5H5.2CH3.Hf/c1-20(2,3)16-7-9-18-14(12-16)11-15-13-17(21(4,5)6)8-10-19(15)18;1-7-5-3-2-4-6-7;1-3-5-6-4-2;1-2-4-5-3-1;;;/h7-13H,1-6H3;1-6H;1,3-6H2,2H3;1-5H;2*1H3;. The van der Waals surface area contributed by atoms with Crippen molar-refractivity contribution in [1.29, 1.82) is 0 Å². The predicted octanol–water partition coefficient (Wildman–Crippen LogP) is 12.4. The van der Waals surface area contributed by atoms with Gasteiger partial charge in [-0.05, 0) is 0 Å². The Labute approximate surface area is 254 Å². The number of hydrogen-bond donors (Lipinski definition) is 0. The fraction of sp³-hybridized carbons (Fsp3) is 0.439. The van der Waals surface area contributed by atoms with Crippen LogP contribution in [0.15, 0.2) is 91.0 Å². The molecule has 5 rings (SSSR count). The van der Waals surface area contributed by atoms with E-state index in [0.717, 1.165) is 0 Å². The van der Waals surface area contributed by atoms with Crippen LogP contribution in [0.4, 0.5) is 0 Å². The van der Waals surface area contributed by atoms with E-state index in [0.29, 0.717) is 7.35 Å². The molecule has 1 heteroatoms. The van der Waals surface area contributed by atoms with Crippen molar-refractivity contribution >= 4 is 3.76 Å². The fourth-order valence-electron chi connectivity index (χ4n) is 8.73. The second kappa shape index (κ2) is 10.5. The van der Waals surface area contributed by atoms with Crippen LogP contribution < -0.4 is 0 Å². The van der Waals surface area contributed by atoms with Crippen molar-refractivity contribution < 1.29 is 16.5 Å². The molecule has 0 nitrogen and oxygen atoms in total. The number of unbranched alkanes of at least 4 members (excludes halogenated alkanes) is 3. The molecule has 3 aromatic rings. The third-order valence-electron chi connectivity index (χ3n) is 11.4. The SMILES string of the molecule is CCCCC[CH2][Hf]([CH3])([CH3])(=[CH]c1ccccc1)([CH]1C=CC=C1)[CH]1c2cc(C(C)(C)C)ccc2-c2ccc(C(C)(C)C)cc21. The second-order valence-electron chi connectivity index (χ2n) is 17.2. The zero-order valence-electron chi connectivity index (χ0n) is 27.9. The van der Waals surface area contributed by atoms with Crippen molar-refractivity contribution in [3.63, 3.8) is 0 Å². The van der Waals surface area contributed by atoms with Crippen molar-refractivity contribution in [3.05, 3.63) is 119 Å². The summed E-state index contributed by atoms with van der Waals surface area (Å²) in [5, 5.41) is 0. The molecule has 0 heterocycles. The van der Waals surface area contributed by atoms with Crippen LogP contribution in [0.2, 0.25) is 17.2 Å². The van der Waals surface area contributed by atoms with Crippen LogP contribution in [0.3, 0.4) is 0 Å². The van der Waals surface area contributed by atoms with Crippen molar-refractivity contribution in [3.8, 4) is 11.1 Å². The molecule has 0 saturated heterocycles. The summed E-state index contributed by atoms with van der Waals surface area (Å²) in [6, 6.07) is 26.4. The molecule has 0 atom stereocenters. The van der Waals surface area contributed by atoms with Gasteiger partial charge in [-0.3, -0.25) is 0 Å². The van der Waals surface area contributed by atoms with E-state index in [-0.39, 0.29) is 10.8 Å². The third kappa shape index (κ3) is 5.27. The average Bonchev–Trinajstić information content (AvgIpc) is 3.59. The quantitative estimate of drug-likeness (QED) is 0.160. The van der Waals surface area contributed by atoms with Crippen molar-refractivity contribution in [2.24, 2.45) is 0 Å². The molecule has 0 aliphatic heterocycles. The minimum atomic E-state index is -4.80. The topological polar surface area (TPSA) is 0 Å². The maximum atomic E-state index is 2.92. The summed E-state index contributed by atoms with van der Waals surface area (Å²) < 4.78 is 10.8. The molecule has 2 aliphatic rings. The molecule has 0 spiro atoms. The predicted molar refractivity (Wildman–Crippen MR) is 185 cm³/mol. The first kappa shape index (κ1) is 31.3. The minimum absolute atomic E-state index is 0.0996. The normalized spacial score (nSPS) is 17.2. The van der Waals surface area contributed by atoms with Crippen LogP contribution in [-0.2, 0) is 27.4 Å². The summed E-state index contributed by atoms with van der Waals surface area (Å²) in [7, 11) is 0. The number of benzene rings is 3. The van der Waals surface area contributed by atoms with Gasteiger partial charge in [-0.2, -0.15) is 0 Å². The van der Waals surface area contributed by atoms with Crippen LogP contribution in [0.1, 0.15) is 106 Å². The molecule has 3 aromatic carbocycles. The van der Waals surface area contributed by atoms with Gasteiger partial charge in [-0.25, -0.2) is 0 Å². The molecular weight excluding hydrogens is 671 g/mol. The molecule has 0 amide bonds. The summed E-state index contributed by atoms with van der Waals surface area (Å²) in [5.74, 6) is 0. The van der Waals surface area contributed by atoms with Crippen LogP contribution in [0.5, 0.6) is 0 Å². The number of fused-ring (bicyclic) bond motifs is 3. The van der Waals surface area contributed by atoms with Gasteiger partial charge < -0.3 is 0 Å². The monoisotopic (exact) mass is 727 g/mol. The molecule has 0 unspecified atom stereocenters. The Bertz CT molecular complexity index is 1550. The summed E-state index contributed by atoms with van der Waals surface area (Å²) >= 11 is -4.80.